The Labute approximate surface area is 156 Å². The summed E-state index contributed by atoms with van der Waals surface area (Å²) in [6.45, 7) is 1.23. The summed E-state index contributed by atoms with van der Waals surface area (Å²) < 4.78 is 65.3. The number of sulfonamides is 1. The van der Waals surface area contributed by atoms with Gasteiger partial charge in [0.1, 0.15) is 11.3 Å². The van der Waals surface area contributed by atoms with Gasteiger partial charge in [-0.15, -0.1) is 0 Å². The molecule has 0 fully saturated rings. The van der Waals surface area contributed by atoms with Crippen LogP contribution in [0.1, 0.15) is 21.7 Å². The standard InChI is InChI=1S/C16H13F3N4O4S/c1-8-10(14(24)22-28(2,26)27)15(25)23-13(20-8)11(9-6-4-3-5-7-9)12(21-23)16(17,18)19/h3-7,21H,1-2H3,(H,22,24). The highest BCUT2D eigenvalue weighted by molar-refractivity contribution is 7.89. The lowest BCUT2D eigenvalue weighted by Crippen LogP contribution is -2.36. The van der Waals surface area contributed by atoms with Gasteiger partial charge in [-0.3, -0.25) is 14.7 Å². The molecular weight excluding hydrogens is 401 g/mol. The summed E-state index contributed by atoms with van der Waals surface area (Å²) in [7, 11) is -3.99. The van der Waals surface area contributed by atoms with Crippen molar-refractivity contribution < 1.29 is 26.4 Å². The second-order valence-electron chi connectivity index (χ2n) is 5.97. The highest BCUT2D eigenvalue weighted by Crippen LogP contribution is 2.38. The van der Waals surface area contributed by atoms with E-state index in [-0.39, 0.29) is 22.5 Å². The fourth-order valence-electron chi connectivity index (χ4n) is 2.74. The van der Waals surface area contributed by atoms with Crippen LogP contribution in [0.25, 0.3) is 16.8 Å². The minimum absolute atomic E-state index is 0.160. The largest absolute Gasteiger partial charge is 0.433 e. The van der Waals surface area contributed by atoms with Crippen molar-refractivity contribution in [3.05, 3.63) is 57.6 Å². The van der Waals surface area contributed by atoms with Crippen LogP contribution in [0.15, 0.2) is 35.1 Å². The van der Waals surface area contributed by atoms with Gasteiger partial charge in [-0.05, 0) is 12.5 Å². The molecule has 0 atom stereocenters. The van der Waals surface area contributed by atoms with Crippen LogP contribution in [-0.2, 0) is 16.2 Å². The number of carbonyl (C=O) groups excluding carboxylic acids is 1. The Kier molecular flexibility index (Phi) is 4.54. The van der Waals surface area contributed by atoms with Gasteiger partial charge in [0.15, 0.2) is 5.65 Å². The Balaban J connectivity index is 2.37. The van der Waals surface area contributed by atoms with E-state index < -0.39 is 38.9 Å². The van der Waals surface area contributed by atoms with Crippen LogP contribution in [0.2, 0.25) is 0 Å². The summed E-state index contributed by atoms with van der Waals surface area (Å²) >= 11 is 0. The maximum atomic E-state index is 13.6. The van der Waals surface area contributed by atoms with Gasteiger partial charge < -0.3 is 0 Å². The van der Waals surface area contributed by atoms with E-state index in [1.807, 2.05) is 5.10 Å². The molecule has 2 N–H and O–H groups in total. The summed E-state index contributed by atoms with van der Waals surface area (Å²) in [6, 6.07) is 7.51. The van der Waals surface area contributed by atoms with Gasteiger partial charge in [-0.1, -0.05) is 30.3 Å². The first kappa shape index (κ1) is 19.6. The van der Waals surface area contributed by atoms with E-state index in [4.69, 9.17) is 0 Å². The third kappa shape index (κ3) is 3.50. The smallest absolute Gasteiger partial charge is 0.284 e. The summed E-state index contributed by atoms with van der Waals surface area (Å²) in [5.74, 6) is -1.28. The lowest BCUT2D eigenvalue weighted by atomic mass is 10.1. The zero-order valence-corrected chi connectivity index (χ0v) is 15.3. The molecule has 8 nitrogen and oxygen atoms in total. The molecule has 2 aromatic heterocycles. The maximum Gasteiger partial charge on any atom is 0.433 e. The number of nitrogens with zero attached hydrogens (tertiary/aromatic N) is 2. The number of halogens is 3. The van der Waals surface area contributed by atoms with Crippen molar-refractivity contribution in [1.82, 2.24) is 19.3 Å². The van der Waals surface area contributed by atoms with Gasteiger partial charge in [-0.2, -0.15) is 17.7 Å². The first-order valence-corrected chi connectivity index (χ1v) is 9.59. The Hall–Kier alpha value is -3.15. The molecule has 28 heavy (non-hydrogen) atoms. The van der Waals surface area contributed by atoms with Gasteiger partial charge in [0.25, 0.3) is 11.5 Å². The molecule has 0 bridgehead atoms. The van der Waals surface area contributed by atoms with Crippen LogP contribution < -0.4 is 10.3 Å². The molecule has 0 aliphatic rings. The van der Waals surface area contributed by atoms with Gasteiger partial charge in [0.05, 0.1) is 17.5 Å². The van der Waals surface area contributed by atoms with E-state index in [1.165, 1.54) is 31.2 Å². The van der Waals surface area contributed by atoms with Crippen molar-refractivity contribution in [2.45, 2.75) is 13.1 Å². The zero-order chi connectivity index (χ0) is 20.9. The van der Waals surface area contributed by atoms with Crippen LogP contribution in [0.4, 0.5) is 13.2 Å². The van der Waals surface area contributed by atoms with Crippen LogP contribution in [0, 0.1) is 6.92 Å². The summed E-state index contributed by atoms with van der Waals surface area (Å²) in [5, 5.41) is 1.94. The molecule has 0 spiro atoms. The van der Waals surface area contributed by atoms with Crippen molar-refractivity contribution in [2.24, 2.45) is 0 Å². The van der Waals surface area contributed by atoms with Gasteiger partial charge >= 0.3 is 6.18 Å². The van der Waals surface area contributed by atoms with Crippen molar-refractivity contribution in [2.75, 3.05) is 6.26 Å². The minimum Gasteiger partial charge on any atom is -0.284 e. The molecule has 0 unspecified atom stereocenters. The molecule has 3 rings (SSSR count). The van der Waals surface area contributed by atoms with Crippen molar-refractivity contribution in [1.29, 1.82) is 0 Å². The topological polar surface area (TPSA) is 113 Å². The number of H-pyrrole nitrogens is 1. The third-order valence-corrected chi connectivity index (χ3v) is 4.37. The first-order chi connectivity index (χ1) is 12.9. The van der Waals surface area contributed by atoms with E-state index in [9.17, 15) is 31.2 Å². The molecule has 0 saturated carbocycles. The lowest BCUT2D eigenvalue weighted by Gasteiger charge is -2.07. The maximum absolute atomic E-state index is 13.6. The molecule has 3 aromatic rings. The summed E-state index contributed by atoms with van der Waals surface area (Å²) in [6.07, 6.45) is -4.14. The predicted octanol–water partition coefficient (Wildman–Crippen LogP) is 1.71. The number of nitrogens with one attached hydrogen (secondary N) is 2. The first-order valence-electron chi connectivity index (χ1n) is 7.70. The number of amides is 1. The lowest BCUT2D eigenvalue weighted by molar-refractivity contribution is -0.140. The molecule has 1 amide bonds. The molecule has 0 aliphatic heterocycles. The number of carbonyl (C=O) groups is 1. The van der Waals surface area contributed by atoms with E-state index in [1.54, 1.807) is 10.8 Å². The molecule has 12 heteroatoms. The van der Waals surface area contributed by atoms with Crippen molar-refractivity contribution in [3.8, 4) is 11.1 Å². The quantitative estimate of drug-likeness (QED) is 0.677. The highest BCUT2D eigenvalue weighted by atomic mass is 32.2. The molecular formula is C16H13F3N4O4S. The molecule has 2 heterocycles. The van der Waals surface area contributed by atoms with Crippen LogP contribution in [-0.4, -0.2) is 35.2 Å². The Morgan fingerprint density at radius 1 is 1.21 bits per heavy atom. The van der Waals surface area contributed by atoms with Gasteiger partial charge in [0, 0.05) is 0 Å². The Bertz CT molecular complexity index is 1240. The second-order valence-corrected chi connectivity index (χ2v) is 7.71. The average Bonchev–Trinajstić information content (AvgIpc) is 2.93. The summed E-state index contributed by atoms with van der Waals surface area (Å²) in [4.78, 5) is 28.8. The van der Waals surface area contributed by atoms with Crippen LogP contribution in [0.5, 0.6) is 0 Å². The van der Waals surface area contributed by atoms with E-state index >= 15 is 0 Å². The highest BCUT2D eigenvalue weighted by Gasteiger charge is 2.38. The van der Waals surface area contributed by atoms with E-state index in [0.717, 1.165) is 0 Å². The van der Waals surface area contributed by atoms with Crippen molar-refractivity contribution in [3.63, 3.8) is 0 Å². The normalized spacial score (nSPS) is 12.3. The fraction of sp³-hybridized carbons (Fsp3) is 0.188. The number of hydrogen-bond donors (Lipinski definition) is 2. The fourth-order valence-corrected chi connectivity index (χ4v) is 3.18. The number of aromatic amines is 1. The number of rotatable bonds is 3. The monoisotopic (exact) mass is 414 g/mol. The molecule has 1 aromatic carbocycles. The third-order valence-electron chi connectivity index (χ3n) is 3.81. The number of benzene rings is 1. The minimum atomic E-state index is -4.84. The van der Waals surface area contributed by atoms with Gasteiger partial charge in [0.2, 0.25) is 10.0 Å². The second kappa shape index (κ2) is 6.48. The Morgan fingerprint density at radius 2 is 1.82 bits per heavy atom. The number of aryl methyl sites for hydroxylation is 1. The predicted molar refractivity (Wildman–Crippen MR) is 93.3 cm³/mol. The Morgan fingerprint density at radius 3 is 2.36 bits per heavy atom. The number of aromatic nitrogens is 3. The van der Waals surface area contributed by atoms with E-state index in [0.29, 0.717) is 10.8 Å². The van der Waals surface area contributed by atoms with Crippen LogP contribution in [0.3, 0.4) is 0 Å². The molecule has 0 aliphatic carbocycles. The molecule has 148 valence electrons. The number of alkyl halides is 3. The van der Waals surface area contributed by atoms with Gasteiger partial charge in [-0.25, -0.2) is 18.1 Å². The molecule has 0 radical (unpaired) electrons. The summed E-state index contributed by atoms with van der Waals surface area (Å²) in [5.41, 5.74) is -3.80. The number of fused-ring (bicyclic) bond motifs is 1. The van der Waals surface area contributed by atoms with Crippen molar-refractivity contribution >= 4 is 21.6 Å². The SMILES string of the molecule is Cc1nc2c(-c3ccccc3)c(C(F)(F)F)[nH]n2c(=O)c1C(=O)NS(C)(=O)=O. The zero-order valence-electron chi connectivity index (χ0n) is 14.5. The van der Waals surface area contributed by atoms with E-state index in [2.05, 4.69) is 4.98 Å². The molecule has 0 saturated heterocycles. The average molecular weight is 414 g/mol. The van der Waals surface area contributed by atoms with Crippen LogP contribution >= 0.6 is 0 Å². The number of hydrogen-bond acceptors (Lipinski definition) is 5.